The minimum Gasteiger partial charge on any atom is -0.377 e. The molecule has 3 aliphatic carbocycles. The van der Waals surface area contributed by atoms with E-state index in [2.05, 4.69) is 27.7 Å². The fraction of sp³-hybridized carbons (Fsp3) is 0.950. The maximum Gasteiger partial charge on any atom is 0.139 e. The molecule has 0 aromatic carbocycles. The van der Waals surface area contributed by atoms with Crippen LogP contribution in [-0.4, -0.2) is 18.5 Å². The lowest BCUT2D eigenvalue weighted by Gasteiger charge is -2.59. The first-order valence-corrected chi connectivity index (χ1v) is 9.49. The second-order valence-corrected chi connectivity index (χ2v) is 9.64. The van der Waals surface area contributed by atoms with Crippen molar-refractivity contribution in [2.45, 2.75) is 72.3 Å². The van der Waals surface area contributed by atoms with E-state index >= 15 is 0 Å². The van der Waals surface area contributed by atoms with E-state index < -0.39 is 0 Å². The molecular weight excluding hydrogens is 272 g/mol. The van der Waals surface area contributed by atoms with Crippen molar-refractivity contribution >= 4 is 5.78 Å². The molecule has 1 saturated heterocycles. The Hall–Kier alpha value is -0.370. The molecule has 0 amide bonds. The number of rotatable bonds is 0. The summed E-state index contributed by atoms with van der Waals surface area (Å²) in [7, 11) is 0. The van der Waals surface area contributed by atoms with Crippen molar-refractivity contribution in [1.29, 1.82) is 0 Å². The molecule has 22 heavy (non-hydrogen) atoms. The molecule has 0 spiro atoms. The lowest BCUT2D eigenvalue weighted by molar-refractivity contribution is -0.204. The van der Waals surface area contributed by atoms with Crippen LogP contribution in [-0.2, 0) is 9.53 Å². The third-order valence-corrected chi connectivity index (χ3v) is 8.51. The van der Waals surface area contributed by atoms with Crippen LogP contribution < -0.4 is 0 Å². The third kappa shape index (κ3) is 1.92. The predicted octanol–water partition coefficient (Wildman–Crippen LogP) is 4.47. The topological polar surface area (TPSA) is 26.3 Å². The molecule has 124 valence electrons. The summed E-state index contributed by atoms with van der Waals surface area (Å²) in [4.78, 5) is 13.3. The highest BCUT2D eigenvalue weighted by molar-refractivity contribution is 5.85. The van der Waals surface area contributed by atoms with E-state index in [1.165, 1.54) is 19.3 Å². The standard InChI is InChI=1S/C20H32O2/c1-12-5-6-13-9-16-14-11-22-17(14)7-8-20(16,4)18(21)10-15(12)19(13,2)3/h12-17H,5-11H2,1-4H3/t12-,13?,14?,15+,16?,17?,20-/m0/s1. The van der Waals surface area contributed by atoms with Crippen molar-refractivity contribution < 1.29 is 9.53 Å². The Morgan fingerprint density at radius 1 is 1.09 bits per heavy atom. The molecule has 0 aromatic heterocycles. The highest BCUT2D eigenvalue weighted by atomic mass is 16.5. The average Bonchev–Trinajstić information content (AvgIpc) is 2.42. The minimum atomic E-state index is -0.0605. The molecule has 4 aliphatic rings. The molecule has 2 heteroatoms. The Bertz CT molecular complexity index is 482. The van der Waals surface area contributed by atoms with Crippen molar-refractivity contribution in [3.63, 3.8) is 0 Å². The molecule has 2 nitrogen and oxygen atoms in total. The lowest BCUT2D eigenvalue weighted by atomic mass is 9.47. The number of ketones is 1. The van der Waals surface area contributed by atoms with Crippen LogP contribution in [0.3, 0.4) is 0 Å². The Morgan fingerprint density at radius 3 is 2.55 bits per heavy atom. The first-order valence-electron chi connectivity index (χ1n) is 9.49. The van der Waals surface area contributed by atoms with Crippen LogP contribution >= 0.6 is 0 Å². The van der Waals surface area contributed by atoms with E-state index in [1.807, 2.05) is 0 Å². The van der Waals surface area contributed by atoms with Gasteiger partial charge in [0, 0.05) is 17.8 Å². The Labute approximate surface area is 135 Å². The molecular formula is C20H32O2. The van der Waals surface area contributed by atoms with Crippen molar-refractivity contribution in [2.75, 3.05) is 6.61 Å². The van der Waals surface area contributed by atoms with Crippen LogP contribution in [0.25, 0.3) is 0 Å². The summed E-state index contributed by atoms with van der Waals surface area (Å²) in [5.41, 5.74) is 0.265. The second kappa shape index (κ2) is 4.82. The summed E-state index contributed by atoms with van der Waals surface area (Å²) in [5.74, 6) is 3.91. The van der Waals surface area contributed by atoms with Crippen molar-refractivity contribution in [3.8, 4) is 0 Å². The first kappa shape index (κ1) is 15.2. The van der Waals surface area contributed by atoms with E-state index in [0.717, 1.165) is 31.8 Å². The van der Waals surface area contributed by atoms with Crippen molar-refractivity contribution in [2.24, 2.45) is 40.4 Å². The highest BCUT2D eigenvalue weighted by Gasteiger charge is 2.58. The number of hydrogen-bond acceptors (Lipinski definition) is 2. The molecule has 3 saturated carbocycles. The Balaban J connectivity index is 1.72. The Morgan fingerprint density at radius 2 is 1.86 bits per heavy atom. The Kier molecular flexibility index (Phi) is 3.32. The summed E-state index contributed by atoms with van der Waals surface area (Å²) < 4.78 is 5.80. The van der Waals surface area contributed by atoms with Gasteiger partial charge in [-0.3, -0.25) is 4.79 Å². The van der Waals surface area contributed by atoms with Gasteiger partial charge in [-0.05, 0) is 54.8 Å². The summed E-state index contributed by atoms with van der Waals surface area (Å²) in [6, 6.07) is 0. The summed E-state index contributed by atoms with van der Waals surface area (Å²) in [5, 5.41) is 0. The minimum absolute atomic E-state index is 0.0605. The van der Waals surface area contributed by atoms with Gasteiger partial charge in [-0.1, -0.05) is 34.1 Å². The summed E-state index contributed by atoms with van der Waals surface area (Å²) >= 11 is 0. The van der Waals surface area contributed by atoms with Gasteiger partial charge >= 0.3 is 0 Å². The number of Topliss-reactive ketones (excluding diaryl/α,β-unsaturated/α-hetero) is 1. The summed E-state index contributed by atoms with van der Waals surface area (Å²) in [6.45, 7) is 10.5. The van der Waals surface area contributed by atoms with Gasteiger partial charge in [0.25, 0.3) is 0 Å². The molecule has 1 heterocycles. The highest BCUT2D eigenvalue weighted by Crippen LogP contribution is 2.60. The number of fused-ring (bicyclic) bond motifs is 5. The van der Waals surface area contributed by atoms with E-state index in [-0.39, 0.29) is 5.41 Å². The van der Waals surface area contributed by atoms with E-state index in [0.29, 0.717) is 41.0 Å². The maximum absolute atomic E-state index is 13.3. The number of carbonyl (C=O) groups excluding carboxylic acids is 1. The molecule has 1 aliphatic heterocycles. The van der Waals surface area contributed by atoms with Crippen LogP contribution in [0.1, 0.15) is 66.2 Å². The van der Waals surface area contributed by atoms with Gasteiger partial charge in [-0.15, -0.1) is 0 Å². The monoisotopic (exact) mass is 304 g/mol. The van der Waals surface area contributed by atoms with Crippen LogP contribution in [0.2, 0.25) is 0 Å². The predicted molar refractivity (Wildman–Crippen MR) is 87.5 cm³/mol. The normalized spacial score (nSPS) is 53.5. The molecule has 0 N–H and O–H groups in total. The lowest BCUT2D eigenvalue weighted by Crippen LogP contribution is -2.59. The fourth-order valence-corrected chi connectivity index (χ4v) is 6.60. The van der Waals surface area contributed by atoms with Crippen LogP contribution in [0, 0.1) is 40.4 Å². The quantitative estimate of drug-likeness (QED) is 0.660. The van der Waals surface area contributed by atoms with Gasteiger partial charge in [-0.2, -0.15) is 0 Å². The van der Waals surface area contributed by atoms with Gasteiger partial charge in [0.1, 0.15) is 5.78 Å². The van der Waals surface area contributed by atoms with E-state index in [9.17, 15) is 4.79 Å². The van der Waals surface area contributed by atoms with Crippen LogP contribution in [0.5, 0.6) is 0 Å². The first-order chi connectivity index (χ1) is 10.3. The third-order valence-electron chi connectivity index (χ3n) is 8.51. The smallest absolute Gasteiger partial charge is 0.139 e. The van der Waals surface area contributed by atoms with E-state index in [1.54, 1.807) is 0 Å². The van der Waals surface area contributed by atoms with Gasteiger partial charge < -0.3 is 4.74 Å². The second-order valence-electron chi connectivity index (χ2n) is 9.64. The maximum atomic E-state index is 13.3. The van der Waals surface area contributed by atoms with Crippen molar-refractivity contribution in [1.82, 2.24) is 0 Å². The molecule has 4 fully saturated rings. The average molecular weight is 304 g/mol. The molecule has 0 aromatic rings. The SMILES string of the molecule is C[C@H]1CCC2CC3C4COC4CC[C@]3(C)C(=O)C[C@H]1C2(C)C. The zero-order valence-corrected chi connectivity index (χ0v) is 14.7. The number of carbonyl (C=O) groups is 1. The molecule has 0 radical (unpaired) electrons. The number of ether oxygens (including phenoxy) is 1. The largest absolute Gasteiger partial charge is 0.377 e. The van der Waals surface area contributed by atoms with Crippen molar-refractivity contribution in [3.05, 3.63) is 0 Å². The van der Waals surface area contributed by atoms with Gasteiger partial charge in [0.15, 0.2) is 0 Å². The molecule has 4 unspecified atom stereocenters. The fourth-order valence-electron chi connectivity index (χ4n) is 6.60. The van der Waals surface area contributed by atoms with Crippen LogP contribution in [0.4, 0.5) is 0 Å². The van der Waals surface area contributed by atoms with Gasteiger partial charge in [0.05, 0.1) is 12.7 Å². The van der Waals surface area contributed by atoms with Crippen LogP contribution in [0.15, 0.2) is 0 Å². The zero-order chi connectivity index (χ0) is 15.7. The molecule has 7 atom stereocenters. The van der Waals surface area contributed by atoms with Gasteiger partial charge in [-0.25, -0.2) is 0 Å². The van der Waals surface area contributed by atoms with Gasteiger partial charge in [0.2, 0.25) is 0 Å². The molecule has 2 bridgehead atoms. The zero-order valence-electron chi connectivity index (χ0n) is 14.7. The molecule has 4 rings (SSSR count). The summed E-state index contributed by atoms with van der Waals surface area (Å²) in [6.07, 6.45) is 7.42. The van der Waals surface area contributed by atoms with E-state index in [4.69, 9.17) is 4.74 Å². The number of hydrogen-bond donors (Lipinski definition) is 0.